The number of hydrazine groups is 1. The van der Waals surface area contributed by atoms with Gasteiger partial charge in [-0.1, -0.05) is 60.7 Å². The highest BCUT2D eigenvalue weighted by Crippen LogP contribution is 2.27. The van der Waals surface area contributed by atoms with Crippen LogP contribution in [0.4, 0.5) is 0 Å². The Morgan fingerprint density at radius 3 is 2.30 bits per heavy atom. The van der Waals surface area contributed by atoms with Crippen LogP contribution in [0.25, 0.3) is 10.6 Å². The van der Waals surface area contributed by atoms with E-state index < -0.39 is 11.8 Å². The molecule has 9 heteroatoms. The summed E-state index contributed by atoms with van der Waals surface area (Å²) in [4.78, 5) is 41.9. The number of hydrazone groups is 1. The highest BCUT2D eigenvalue weighted by atomic mass is 32.1. The Bertz CT molecular complexity index is 1190. The minimum atomic E-state index is -0.450. The molecule has 33 heavy (non-hydrogen) atoms. The van der Waals surface area contributed by atoms with Crippen molar-refractivity contribution in [3.8, 4) is 10.6 Å². The SMILES string of the molecule is Cc1nc(-c2ccccc2)sc1C(=O)NNC(=O)CCC(=O)N1CCC(c2ccccc2)=N1. The van der Waals surface area contributed by atoms with E-state index in [-0.39, 0.29) is 18.7 Å². The van der Waals surface area contributed by atoms with Crippen molar-refractivity contribution in [1.82, 2.24) is 20.8 Å². The number of aromatic nitrogens is 1. The van der Waals surface area contributed by atoms with E-state index in [0.29, 0.717) is 23.5 Å². The number of carbonyl (C=O) groups excluding carboxylic acids is 3. The van der Waals surface area contributed by atoms with E-state index in [1.54, 1.807) is 6.92 Å². The number of benzene rings is 2. The van der Waals surface area contributed by atoms with Gasteiger partial charge in [0.15, 0.2) is 0 Å². The van der Waals surface area contributed by atoms with Crippen molar-refractivity contribution in [1.29, 1.82) is 0 Å². The Balaban J connectivity index is 1.25. The normalized spacial score (nSPS) is 12.9. The lowest BCUT2D eigenvalue weighted by Gasteiger charge is -2.11. The van der Waals surface area contributed by atoms with Crippen LogP contribution < -0.4 is 10.9 Å². The van der Waals surface area contributed by atoms with Crippen molar-refractivity contribution in [2.75, 3.05) is 6.54 Å². The van der Waals surface area contributed by atoms with E-state index in [9.17, 15) is 14.4 Å². The number of hydrogen-bond donors (Lipinski definition) is 2. The summed E-state index contributed by atoms with van der Waals surface area (Å²) in [6, 6.07) is 19.3. The number of nitrogens with zero attached hydrogens (tertiary/aromatic N) is 3. The minimum absolute atomic E-state index is 0.00497. The first-order valence-corrected chi connectivity index (χ1v) is 11.4. The largest absolute Gasteiger partial charge is 0.281 e. The third-order valence-corrected chi connectivity index (χ3v) is 6.31. The lowest BCUT2D eigenvalue weighted by Crippen LogP contribution is -2.41. The molecule has 1 aliphatic heterocycles. The Labute approximate surface area is 195 Å². The van der Waals surface area contributed by atoms with Crippen LogP contribution in [0, 0.1) is 6.92 Å². The summed E-state index contributed by atoms with van der Waals surface area (Å²) in [6.45, 7) is 2.24. The fourth-order valence-corrected chi connectivity index (χ4v) is 4.34. The third-order valence-electron chi connectivity index (χ3n) is 5.10. The highest BCUT2D eigenvalue weighted by molar-refractivity contribution is 7.17. The second kappa shape index (κ2) is 10.2. The average Bonchev–Trinajstić information content (AvgIpc) is 3.49. The molecule has 2 heterocycles. The second-order valence-corrected chi connectivity index (χ2v) is 8.48. The van der Waals surface area contributed by atoms with Gasteiger partial charge in [-0.25, -0.2) is 9.99 Å². The summed E-state index contributed by atoms with van der Waals surface area (Å²) < 4.78 is 0. The van der Waals surface area contributed by atoms with E-state index >= 15 is 0 Å². The molecular formula is C24H23N5O3S. The maximum atomic E-state index is 12.5. The molecule has 0 atom stereocenters. The van der Waals surface area contributed by atoms with E-state index in [2.05, 4.69) is 20.9 Å². The van der Waals surface area contributed by atoms with Crippen LogP contribution in [0.3, 0.4) is 0 Å². The fourth-order valence-electron chi connectivity index (χ4n) is 3.38. The molecule has 0 saturated heterocycles. The highest BCUT2D eigenvalue weighted by Gasteiger charge is 2.22. The summed E-state index contributed by atoms with van der Waals surface area (Å²) in [5.41, 5.74) is 8.13. The van der Waals surface area contributed by atoms with Crippen molar-refractivity contribution in [2.24, 2.45) is 5.10 Å². The third kappa shape index (κ3) is 5.50. The predicted octanol–water partition coefficient (Wildman–Crippen LogP) is 3.30. The minimum Gasteiger partial charge on any atom is -0.273 e. The quantitative estimate of drug-likeness (QED) is 0.550. The first-order valence-electron chi connectivity index (χ1n) is 10.6. The van der Waals surface area contributed by atoms with Crippen LogP contribution in [0.1, 0.15) is 40.2 Å². The molecule has 2 aromatic carbocycles. The molecule has 0 saturated carbocycles. The van der Waals surface area contributed by atoms with Crippen molar-refractivity contribution in [3.05, 3.63) is 76.8 Å². The summed E-state index contributed by atoms with van der Waals surface area (Å²) in [6.07, 6.45) is 0.630. The molecule has 2 N–H and O–H groups in total. The molecule has 0 fully saturated rings. The molecule has 3 aromatic rings. The lowest BCUT2D eigenvalue weighted by molar-refractivity contribution is -0.133. The molecule has 8 nitrogen and oxygen atoms in total. The number of nitrogens with one attached hydrogen (secondary N) is 2. The van der Waals surface area contributed by atoms with Gasteiger partial charge >= 0.3 is 0 Å². The Morgan fingerprint density at radius 1 is 0.939 bits per heavy atom. The molecular weight excluding hydrogens is 438 g/mol. The Morgan fingerprint density at radius 2 is 1.61 bits per heavy atom. The van der Waals surface area contributed by atoms with Gasteiger partial charge < -0.3 is 0 Å². The number of carbonyl (C=O) groups is 3. The van der Waals surface area contributed by atoms with Crippen LogP contribution in [-0.4, -0.2) is 40.0 Å². The van der Waals surface area contributed by atoms with Crippen LogP contribution in [0.15, 0.2) is 65.8 Å². The zero-order chi connectivity index (χ0) is 23.2. The van der Waals surface area contributed by atoms with Crippen LogP contribution in [0.5, 0.6) is 0 Å². The zero-order valence-corrected chi connectivity index (χ0v) is 18.9. The Hall–Kier alpha value is -3.85. The molecule has 0 aliphatic carbocycles. The number of rotatable bonds is 6. The topological polar surface area (TPSA) is 104 Å². The molecule has 1 aromatic heterocycles. The van der Waals surface area contributed by atoms with Crippen LogP contribution in [0.2, 0.25) is 0 Å². The van der Waals surface area contributed by atoms with Gasteiger partial charge in [-0.2, -0.15) is 5.10 Å². The van der Waals surface area contributed by atoms with Crippen LogP contribution in [-0.2, 0) is 9.59 Å². The molecule has 0 spiro atoms. The van der Waals surface area contributed by atoms with E-state index in [4.69, 9.17) is 0 Å². The molecule has 0 bridgehead atoms. The zero-order valence-electron chi connectivity index (χ0n) is 18.1. The monoisotopic (exact) mass is 461 g/mol. The van der Waals surface area contributed by atoms with Crippen molar-refractivity contribution in [3.63, 3.8) is 0 Å². The summed E-state index contributed by atoms with van der Waals surface area (Å²) in [5, 5.41) is 6.52. The van der Waals surface area contributed by atoms with Gasteiger partial charge in [0.1, 0.15) is 9.88 Å². The van der Waals surface area contributed by atoms with Crippen LogP contribution >= 0.6 is 11.3 Å². The maximum Gasteiger partial charge on any atom is 0.281 e. The summed E-state index contributed by atoms with van der Waals surface area (Å²) in [7, 11) is 0. The van der Waals surface area contributed by atoms with Gasteiger partial charge in [0.05, 0.1) is 18.0 Å². The van der Waals surface area contributed by atoms with Gasteiger partial charge in [-0.3, -0.25) is 25.2 Å². The van der Waals surface area contributed by atoms with Crippen molar-refractivity contribution >= 4 is 34.8 Å². The first kappa shape index (κ1) is 22.3. The summed E-state index contributed by atoms with van der Waals surface area (Å²) in [5.74, 6) is -1.12. The van der Waals surface area contributed by atoms with Gasteiger partial charge in [0, 0.05) is 24.8 Å². The van der Waals surface area contributed by atoms with Gasteiger partial charge in [0.2, 0.25) is 11.8 Å². The molecule has 1 aliphatic rings. The van der Waals surface area contributed by atoms with Gasteiger partial charge in [-0.15, -0.1) is 11.3 Å². The van der Waals surface area contributed by atoms with E-state index in [0.717, 1.165) is 21.8 Å². The molecule has 4 rings (SSSR count). The molecule has 3 amide bonds. The van der Waals surface area contributed by atoms with E-state index in [1.807, 2.05) is 60.7 Å². The molecule has 0 unspecified atom stereocenters. The number of hydrogen-bond acceptors (Lipinski definition) is 6. The number of amides is 3. The fraction of sp³-hybridized carbons (Fsp3) is 0.208. The van der Waals surface area contributed by atoms with Gasteiger partial charge in [-0.05, 0) is 12.5 Å². The first-order chi connectivity index (χ1) is 16.0. The van der Waals surface area contributed by atoms with E-state index in [1.165, 1.54) is 16.3 Å². The number of aryl methyl sites for hydroxylation is 1. The summed E-state index contributed by atoms with van der Waals surface area (Å²) >= 11 is 1.26. The lowest BCUT2D eigenvalue weighted by atomic mass is 10.1. The smallest absolute Gasteiger partial charge is 0.273 e. The standard InChI is InChI=1S/C24H23N5O3S/c1-16-22(33-24(25-16)18-10-6-3-7-11-18)23(32)27-26-20(30)12-13-21(31)29-15-14-19(28-29)17-8-4-2-5-9-17/h2-11H,12-15H2,1H3,(H,26,30)(H,27,32). The number of thiazole rings is 1. The van der Waals surface area contributed by atoms with Crippen molar-refractivity contribution < 1.29 is 14.4 Å². The maximum absolute atomic E-state index is 12.5. The van der Waals surface area contributed by atoms with Gasteiger partial charge in [0.25, 0.3) is 5.91 Å². The Kier molecular flexibility index (Phi) is 6.89. The molecule has 168 valence electrons. The molecule has 0 radical (unpaired) electrons. The van der Waals surface area contributed by atoms with Crippen molar-refractivity contribution in [2.45, 2.75) is 26.2 Å². The predicted molar refractivity (Wildman–Crippen MR) is 126 cm³/mol. The average molecular weight is 462 g/mol. The second-order valence-electron chi connectivity index (χ2n) is 7.48.